The number of carbonyl (C=O) groups excluding carboxylic acids is 1. The predicted octanol–water partition coefficient (Wildman–Crippen LogP) is 1.84. The van der Waals surface area contributed by atoms with Gasteiger partial charge in [-0.15, -0.1) is 0 Å². The van der Waals surface area contributed by atoms with Crippen molar-refractivity contribution in [1.82, 2.24) is 10.3 Å². The highest BCUT2D eigenvalue weighted by Crippen LogP contribution is 2.31. The number of methoxy groups -OCH3 is 1. The highest BCUT2D eigenvalue weighted by atomic mass is 16.5. The number of nitrogens with zero attached hydrogens (tertiary/aromatic N) is 1. The molecule has 0 fully saturated rings. The van der Waals surface area contributed by atoms with Gasteiger partial charge in [0.1, 0.15) is 0 Å². The van der Waals surface area contributed by atoms with Crippen molar-refractivity contribution in [3.05, 3.63) is 23.9 Å². The predicted molar refractivity (Wildman–Crippen MR) is 77.8 cm³/mol. The first-order valence-corrected chi connectivity index (χ1v) is 6.78. The minimum atomic E-state index is -1.07. The molecule has 1 amide bonds. The van der Waals surface area contributed by atoms with Gasteiger partial charge in [0.05, 0.1) is 12.5 Å². The molecule has 1 aromatic heterocycles. The molecule has 1 unspecified atom stereocenters. The van der Waals surface area contributed by atoms with E-state index in [-0.39, 0.29) is 18.2 Å². The Morgan fingerprint density at radius 3 is 2.52 bits per heavy atom. The summed E-state index contributed by atoms with van der Waals surface area (Å²) in [6.07, 6.45) is 1.56. The van der Waals surface area contributed by atoms with Gasteiger partial charge in [-0.05, 0) is 18.4 Å². The number of amides is 1. The fourth-order valence-corrected chi connectivity index (χ4v) is 1.76. The normalized spacial score (nSPS) is 13.6. The van der Waals surface area contributed by atoms with E-state index in [0.717, 1.165) is 5.56 Å². The lowest BCUT2D eigenvalue weighted by atomic mass is 9.76. The lowest BCUT2D eigenvalue weighted by molar-refractivity contribution is -0.153. The molecule has 0 radical (unpaired) electrons. The van der Waals surface area contributed by atoms with Crippen LogP contribution in [0.3, 0.4) is 0 Å². The SMILES string of the molecule is COc1ccc(CNC(=O)CC(C)(C(=O)O)C(C)C)cn1. The van der Waals surface area contributed by atoms with E-state index >= 15 is 0 Å². The zero-order valence-corrected chi connectivity index (χ0v) is 12.8. The lowest BCUT2D eigenvalue weighted by Gasteiger charge is -2.28. The maximum atomic E-state index is 11.9. The first-order valence-electron chi connectivity index (χ1n) is 6.78. The Bertz CT molecular complexity index is 499. The number of pyridine rings is 1. The summed E-state index contributed by atoms with van der Waals surface area (Å²) in [7, 11) is 1.53. The Kier molecular flexibility index (Phi) is 5.69. The van der Waals surface area contributed by atoms with Gasteiger partial charge in [0.2, 0.25) is 11.8 Å². The van der Waals surface area contributed by atoms with Gasteiger partial charge >= 0.3 is 5.97 Å². The number of carboxylic acids is 1. The van der Waals surface area contributed by atoms with Crippen molar-refractivity contribution >= 4 is 11.9 Å². The Labute approximate surface area is 124 Å². The summed E-state index contributed by atoms with van der Waals surface area (Å²) in [6, 6.07) is 3.50. The minimum absolute atomic E-state index is 0.0520. The molecule has 0 saturated heterocycles. The van der Waals surface area contributed by atoms with Gasteiger partial charge in [-0.3, -0.25) is 9.59 Å². The summed E-state index contributed by atoms with van der Waals surface area (Å²) < 4.78 is 4.95. The Morgan fingerprint density at radius 2 is 2.10 bits per heavy atom. The van der Waals surface area contributed by atoms with Gasteiger partial charge in [0.25, 0.3) is 0 Å². The van der Waals surface area contributed by atoms with Crippen molar-refractivity contribution in [1.29, 1.82) is 0 Å². The number of rotatable bonds is 7. The average molecular weight is 294 g/mol. The topological polar surface area (TPSA) is 88.5 Å². The van der Waals surface area contributed by atoms with E-state index in [9.17, 15) is 14.7 Å². The summed E-state index contributed by atoms with van der Waals surface area (Å²) in [6.45, 7) is 5.50. The smallest absolute Gasteiger partial charge is 0.310 e. The number of aliphatic carboxylic acids is 1. The highest BCUT2D eigenvalue weighted by Gasteiger charge is 2.38. The summed E-state index contributed by atoms with van der Waals surface area (Å²) in [5.41, 5.74) is -0.242. The fraction of sp³-hybridized carbons (Fsp3) is 0.533. The first kappa shape index (κ1) is 16.9. The maximum absolute atomic E-state index is 11.9. The van der Waals surface area contributed by atoms with Crippen molar-refractivity contribution < 1.29 is 19.4 Å². The van der Waals surface area contributed by atoms with Crippen LogP contribution in [0.1, 0.15) is 32.8 Å². The number of nitrogens with one attached hydrogen (secondary N) is 1. The van der Waals surface area contributed by atoms with E-state index in [1.165, 1.54) is 7.11 Å². The van der Waals surface area contributed by atoms with Crippen molar-refractivity contribution in [2.45, 2.75) is 33.7 Å². The molecule has 0 aliphatic rings. The number of carboxylic acid groups (broad SMARTS) is 1. The van der Waals surface area contributed by atoms with Crippen LogP contribution in [0.25, 0.3) is 0 Å². The van der Waals surface area contributed by atoms with E-state index in [4.69, 9.17) is 4.74 Å². The average Bonchev–Trinajstić information content (AvgIpc) is 2.45. The minimum Gasteiger partial charge on any atom is -0.481 e. The first-order chi connectivity index (χ1) is 9.79. The molecule has 1 aromatic rings. The molecule has 0 spiro atoms. The Hall–Kier alpha value is -2.11. The zero-order chi connectivity index (χ0) is 16.0. The van der Waals surface area contributed by atoms with Crippen LogP contribution < -0.4 is 10.1 Å². The molecule has 0 aliphatic heterocycles. The van der Waals surface area contributed by atoms with Gasteiger partial charge in [0.15, 0.2) is 0 Å². The Balaban J connectivity index is 2.58. The van der Waals surface area contributed by atoms with E-state index in [2.05, 4.69) is 10.3 Å². The number of hydrogen-bond donors (Lipinski definition) is 2. The molecule has 116 valence electrons. The van der Waals surface area contributed by atoms with Crippen LogP contribution in [0.15, 0.2) is 18.3 Å². The van der Waals surface area contributed by atoms with Crippen LogP contribution in [-0.4, -0.2) is 29.1 Å². The van der Waals surface area contributed by atoms with Crippen LogP contribution in [0.4, 0.5) is 0 Å². The number of ether oxygens (including phenoxy) is 1. The fourth-order valence-electron chi connectivity index (χ4n) is 1.76. The number of hydrogen-bond acceptors (Lipinski definition) is 4. The second-order valence-electron chi connectivity index (χ2n) is 5.54. The summed E-state index contributed by atoms with van der Waals surface area (Å²) in [4.78, 5) is 27.3. The summed E-state index contributed by atoms with van der Waals surface area (Å²) in [5.74, 6) is -0.880. The molecule has 0 aliphatic carbocycles. The summed E-state index contributed by atoms with van der Waals surface area (Å²) in [5, 5.41) is 12.0. The Morgan fingerprint density at radius 1 is 1.43 bits per heavy atom. The molecular weight excluding hydrogens is 272 g/mol. The third kappa shape index (κ3) is 4.44. The third-order valence-electron chi connectivity index (χ3n) is 3.79. The largest absolute Gasteiger partial charge is 0.481 e. The highest BCUT2D eigenvalue weighted by molar-refractivity contribution is 5.84. The van der Waals surface area contributed by atoms with Crippen LogP contribution in [0.5, 0.6) is 5.88 Å². The van der Waals surface area contributed by atoms with E-state index in [1.807, 2.05) is 0 Å². The molecule has 6 nitrogen and oxygen atoms in total. The van der Waals surface area contributed by atoms with Crippen molar-refractivity contribution in [2.24, 2.45) is 11.3 Å². The van der Waals surface area contributed by atoms with E-state index in [0.29, 0.717) is 12.4 Å². The van der Waals surface area contributed by atoms with Crippen LogP contribution in [-0.2, 0) is 16.1 Å². The lowest BCUT2D eigenvalue weighted by Crippen LogP contribution is -2.39. The van der Waals surface area contributed by atoms with Gasteiger partial charge in [0, 0.05) is 25.2 Å². The van der Waals surface area contributed by atoms with Crippen LogP contribution in [0.2, 0.25) is 0 Å². The van der Waals surface area contributed by atoms with Crippen molar-refractivity contribution in [3.63, 3.8) is 0 Å². The number of aromatic nitrogens is 1. The zero-order valence-electron chi connectivity index (χ0n) is 12.8. The van der Waals surface area contributed by atoms with Gasteiger partial charge < -0.3 is 15.2 Å². The second-order valence-corrected chi connectivity index (χ2v) is 5.54. The van der Waals surface area contributed by atoms with Crippen LogP contribution >= 0.6 is 0 Å². The van der Waals surface area contributed by atoms with Crippen molar-refractivity contribution in [2.75, 3.05) is 7.11 Å². The van der Waals surface area contributed by atoms with Gasteiger partial charge in [-0.2, -0.15) is 0 Å². The molecule has 6 heteroatoms. The third-order valence-corrected chi connectivity index (χ3v) is 3.79. The quantitative estimate of drug-likeness (QED) is 0.801. The van der Waals surface area contributed by atoms with Gasteiger partial charge in [-0.25, -0.2) is 4.98 Å². The molecule has 1 rings (SSSR count). The van der Waals surface area contributed by atoms with Crippen molar-refractivity contribution in [3.8, 4) is 5.88 Å². The second kappa shape index (κ2) is 7.06. The maximum Gasteiger partial charge on any atom is 0.310 e. The molecule has 0 bridgehead atoms. The molecular formula is C15H22N2O4. The monoisotopic (exact) mass is 294 g/mol. The van der Waals surface area contributed by atoms with Gasteiger partial charge in [-0.1, -0.05) is 19.9 Å². The standard InChI is InChI=1S/C15H22N2O4/c1-10(2)15(3,14(19)20)7-12(18)16-8-11-5-6-13(21-4)17-9-11/h5-6,9-10H,7-8H2,1-4H3,(H,16,18)(H,19,20). The molecule has 1 atom stereocenters. The van der Waals surface area contributed by atoms with E-state index < -0.39 is 11.4 Å². The number of carbonyl (C=O) groups is 2. The molecule has 21 heavy (non-hydrogen) atoms. The molecule has 1 heterocycles. The molecule has 0 saturated carbocycles. The summed E-state index contributed by atoms with van der Waals surface area (Å²) >= 11 is 0. The molecule has 2 N–H and O–H groups in total. The van der Waals surface area contributed by atoms with Crippen LogP contribution in [0, 0.1) is 11.3 Å². The molecule has 0 aromatic carbocycles. The van der Waals surface area contributed by atoms with E-state index in [1.54, 1.807) is 39.1 Å².